The molecule has 13 nitrogen and oxygen atoms in total. The third-order valence-corrected chi connectivity index (χ3v) is 11.8. The van der Waals surface area contributed by atoms with Gasteiger partial charge in [0.1, 0.15) is 0 Å². The average molecular weight is 684 g/mol. The molecule has 3 aliphatic rings. The number of aromatic nitrogens is 4. The lowest BCUT2D eigenvalue weighted by molar-refractivity contribution is -0.120. The van der Waals surface area contributed by atoms with Crippen molar-refractivity contribution in [1.82, 2.24) is 34.3 Å². The summed E-state index contributed by atoms with van der Waals surface area (Å²) in [7, 11) is -1.74. The number of benzene rings is 2. The van der Waals surface area contributed by atoms with Crippen LogP contribution >= 0.6 is 0 Å². The molecule has 2 aromatic carbocycles. The van der Waals surface area contributed by atoms with Crippen LogP contribution in [-0.4, -0.2) is 88.1 Å². The Morgan fingerprint density at radius 3 is 2.45 bits per heavy atom. The number of carbonyl (C=O) groups is 2. The van der Waals surface area contributed by atoms with Crippen LogP contribution in [0.5, 0.6) is 0 Å². The van der Waals surface area contributed by atoms with Gasteiger partial charge >= 0.3 is 6.03 Å². The van der Waals surface area contributed by atoms with E-state index in [1.807, 2.05) is 31.3 Å². The molecule has 0 saturated carbocycles. The molecule has 3 saturated heterocycles. The Kier molecular flexibility index (Phi) is 9.18. The number of piperidine rings is 2. The highest BCUT2D eigenvalue weighted by Gasteiger charge is 2.31. The van der Waals surface area contributed by atoms with Crippen molar-refractivity contribution < 1.29 is 18.0 Å². The summed E-state index contributed by atoms with van der Waals surface area (Å²) < 4.78 is 30.6. The molecule has 0 unspecified atom stereocenters. The van der Waals surface area contributed by atoms with Crippen LogP contribution in [-0.2, 0) is 28.4 Å². The van der Waals surface area contributed by atoms with E-state index in [2.05, 4.69) is 49.3 Å². The third-order valence-electron chi connectivity index (χ3n) is 9.86. The molecule has 3 aliphatic heterocycles. The molecule has 5 heterocycles. The molecule has 4 aromatic rings. The fourth-order valence-corrected chi connectivity index (χ4v) is 8.59. The molecule has 3 amide bonds. The number of sulfonamides is 1. The fraction of sp³-hybridized carbons (Fsp3) is 0.400. The minimum absolute atomic E-state index is 0.106. The van der Waals surface area contributed by atoms with Gasteiger partial charge in [-0.05, 0) is 80.1 Å². The van der Waals surface area contributed by atoms with E-state index < -0.39 is 16.1 Å². The first kappa shape index (κ1) is 32.9. The predicted octanol–water partition coefficient (Wildman–Crippen LogP) is 4.10. The minimum atomic E-state index is -3.61. The second-order valence-electron chi connectivity index (χ2n) is 13.0. The van der Waals surface area contributed by atoms with E-state index in [1.54, 1.807) is 33.5 Å². The molecule has 2 N–H and O–H groups in total. The van der Waals surface area contributed by atoms with Crippen LogP contribution in [0.4, 0.5) is 16.6 Å². The van der Waals surface area contributed by atoms with Crippen LogP contribution in [0.3, 0.4) is 0 Å². The molecule has 0 spiro atoms. The number of hydrogen-bond acceptors (Lipinski definition) is 9. The van der Waals surface area contributed by atoms with Crippen LogP contribution < -0.4 is 15.5 Å². The van der Waals surface area contributed by atoms with Gasteiger partial charge in [0.25, 0.3) is 0 Å². The normalized spacial score (nSPS) is 18.9. The molecule has 0 atom stereocenters. The van der Waals surface area contributed by atoms with E-state index in [0.717, 1.165) is 48.0 Å². The minimum Gasteiger partial charge on any atom is -0.351 e. The average Bonchev–Trinajstić information content (AvgIpc) is 3.44. The zero-order valence-electron chi connectivity index (χ0n) is 27.6. The first-order chi connectivity index (χ1) is 23.7. The maximum Gasteiger partial charge on any atom is 0.329 e. The highest BCUT2D eigenvalue weighted by molar-refractivity contribution is 7.89. The molecular weight excluding hydrogens is 643 g/mol. The number of nitrogens with zero attached hydrogens (tertiary/aromatic N) is 7. The van der Waals surface area contributed by atoms with E-state index in [-0.39, 0.29) is 18.4 Å². The van der Waals surface area contributed by atoms with Gasteiger partial charge in [0, 0.05) is 69.0 Å². The van der Waals surface area contributed by atoms with Gasteiger partial charge in [-0.1, -0.05) is 30.9 Å². The molecule has 0 aliphatic carbocycles. The lowest BCUT2D eigenvalue weighted by atomic mass is 9.89. The Bertz CT molecular complexity index is 1980. The van der Waals surface area contributed by atoms with Crippen LogP contribution in [0, 0.1) is 0 Å². The number of amides is 3. The lowest BCUT2D eigenvalue weighted by Gasteiger charge is -2.33. The number of nitrogens with one attached hydrogen (secondary N) is 2. The highest BCUT2D eigenvalue weighted by atomic mass is 32.2. The summed E-state index contributed by atoms with van der Waals surface area (Å²) in [5.74, 6) is 1.22. The number of imide groups is 1. The Labute approximate surface area is 286 Å². The van der Waals surface area contributed by atoms with Crippen LogP contribution in [0.15, 0.2) is 66.3 Å². The van der Waals surface area contributed by atoms with Crippen LogP contribution in [0.2, 0.25) is 0 Å². The Hall–Kier alpha value is -4.66. The van der Waals surface area contributed by atoms with Crippen molar-refractivity contribution in [1.29, 1.82) is 0 Å². The Balaban J connectivity index is 0.940. The number of carbonyl (C=O) groups excluding carboxylic acids is 2. The molecule has 2 aromatic heterocycles. The first-order valence-electron chi connectivity index (χ1n) is 16.8. The highest BCUT2D eigenvalue weighted by Crippen LogP contribution is 2.34. The van der Waals surface area contributed by atoms with Crippen molar-refractivity contribution in [3.05, 3.63) is 78.1 Å². The number of aryl methyl sites for hydroxylation is 1. The van der Waals surface area contributed by atoms with Gasteiger partial charge in [-0.3, -0.25) is 24.6 Å². The van der Waals surface area contributed by atoms with Gasteiger partial charge in [-0.25, -0.2) is 23.2 Å². The maximum absolute atomic E-state index is 13.6. The van der Waals surface area contributed by atoms with Gasteiger partial charge < -0.3 is 5.32 Å². The monoisotopic (exact) mass is 683 g/mol. The zero-order chi connectivity index (χ0) is 34.1. The second kappa shape index (κ2) is 13.7. The standard InChI is InChI=1S/C35H41N9O4S/c1-3-24-21-36-34(37-22-24)38-28-11-16-43(17-12-28)49(47,48)29-6-4-5-25(19-29)23-42-14-9-26(10-15-42)27-7-8-30-31(20-27)41(2)40-33(30)44-18-13-32(45)39-35(44)46/h3-8,19-22,26,28H,1,9-18,23H2,2H3,(H,36,37,38)(H,39,45,46). The van der Waals surface area contributed by atoms with Gasteiger partial charge in [0.2, 0.25) is 21.9 Å². The predicted molar refractivity (Wildman–Crippen MR) is 187 cm³/mol. The lowest BCUT2D eigenvalue weighted by Crippen LogP contribution is -2.49. The summed E-state index contributed by atoms with van der Waals surface area (Å²) in [6.07, 6.45) is 8.68. The van der Waals surface area contributed by atoms with Gasteiger partial charge in [0.05, 0.1) is 10.4 Å². The quantitative estimate of drug-likeness (QED) is 0.266. The number of urea groups is 1. The number of fused-ring (bicyclic) bond motifs is 1. The second-order valence-corrected chi connectivity index (χ2v) is 15.0. The van der Waals surface area contributed by atoms with Crippen molar-refractivity contribution in [3.63, 3.8) is 0 Å². The third kappa shape index (κ3) is 6.94. The van der Waals surface area contributed by atoms with Crippen molar-refractivity contribution >= 4 is 50.7 Å². The number of likely N-dealkylation sites (tertiary alicyclic amines) is 1. The Morgan fingerprint density at radius 1 is 0.980 bits per heavy atom. The summed E-state index contributed by atoms with van der Waals surface area (Å²) in [4.78, 5) is 37.0. The molecular formula is C35H41N9O4S. The van der Waals surface area contributed by atoms with E-state index in [4.69, 9.17) is 0 Å². The molecule has 14 heteroatoms. The van der Waals surface area contributed by atoms with E-state index >= 15 is 0 Å². The summed E-state index contributed by atoms with van der Waals surface area (Å²) in [6, 6.07) is 13.4. The SMILES string of the molecule is C=Cc1cnc(NC2CCN(S(=O)(=O)c3cccc(CN4CCC(c5ccc6c(N7CCC(=O)NC7=O)nn(C)c6c5)CC4)c3)CC2)nc1. The van der Waals surface area contributed by atoms with Crippen LogP contribution in [0.25, 0.3) is 17.0 Å². The van der Waals surface area contributed by atoms with E-state index in [1.165, 1.54) is 10.5 Å². The van der Waals surface area contributed by atoms with Gasteiger partial charge in [-0.2, -0.15) is 9.40 Å². The summed E-state index contributed by atoms with van der Waals surface area (Å²) >= 11 is 0. The first-order valence-corrected chi connectivity index (χ1v) is 18.2. The topological polar surface area (TPSA) is 146 Å². The maximum atomic E-state index is 13.6. The molecule has 0 bridgehead atoms. The molecule has 256 valence electrons. The Morgan fingerprint density at radius 2 is 1.73 bits per heavy atom. The summed E-state index contributed by atoms with van der Waals surface area (Å²) in [5, 5.41) is 11.2. The zero-order valence-corrected chi connectivity index (χ0v) is 28.4. The molecule has 0 radical (unpaired) electrons. The molecule has 49 heavy (non-hydrogen) atoms. The van der Waals surface area contributed by atoms with E-state index in [9.17, 15) is 18.0 Å². The number of anilines is 2. The van der Waals surface area contributed by atoms with Gasteiger partial charge in [0.15, 0.2) is 5.82 Å². The van der Waals surface area contributed by atoms with Crippen LogP contribution in [0.1, 0.15) is 54.7 Å². The fourth-order valence-electron chi connectivity index (χ4n) is 7.05. The van der Waals surface area contributed by atoms with Crippen molar-refractivity contribution in [2.24, 2.45) is 7.05 Å². The molecule has 3 fully saturated rings. The summed E-state index contributed by atoms with van der Waals surface area (Å²) in [5.41, 5.74) is 4.03. The van der Waals surface area contributed by atoms with E-state index in [0.29, 0.717) is 61.6 Å². The number of rotatable bonds is 9. The summed E-state index contributed by atoms with van der Waals surface area (Å²) in [6.45, 7) is 7.39. The smallest absolute Gasteiger partial charge is 0.329 e. The van der Waals surface area contributed by atoms with Crippen molar-refractivity contribution in [2.75, 3.05) is 42.9 Å². The number of hydrogen-bond donors (Lipinski definition) is 2. The van der Waals surface area contributed by atoms with Crippen molar-refractivity contribution in [3.8, 4) is 0 Å². The van der Waals surface area contributed by atoms with Crippen molar-refractivity contribution in [2.45, 2.75) is 55.5 Å². The largest absolute Gasteiger partial charge is 0.351 e. The molecule has 7 rings (SSSR count). The van der Waals surface area contributed by atoms with Gasteiger partial charge in [-0.15, -0.1) is 0 Å².